The van der Waals surface area contributed by atoms with Crippen LogP contribution < -0.4 is 9.46 Å². The SMILES string of the molecule is COc1ccccc1C1(C)OC(NS(C)(=O)=O)=C(OC(C)=O)C1=O. The Hall–Kier alpha value is -2.55. The number of nitrogens with one attached hydrogen (secondary N) is 1. The van der Waals surface area contributed by atoms with Gasteiger partial charge in [0.25, 0.3) is 5.78 Å². The normalized spacial score (nSPS) is 20.6. The van der Waals surface area contributed by atoms with Gasteiger partial charge in [-0.3, -0.25) is 14.3 Å². The topological polar surface area (TPSA) is 108 Å². The van der Waals surface area contributed by atoms with Crippen molar-refractivity contribution < 1.29 is 32.2 Å². The Balaban J connectivity index is 2.54. The first kappa shape index (κ1) is 17.8. The summed E-state index contributed by atoms with van der Waals surface area (Å²) >= 11 is 0. The summed E-state index contributed by atoms with van der Waals surface area (Å²) in [5.41, 5.74) is -1.24. The van der Waals surface area contributed by atoms with E-state index >= 15 is 0 Å². The van der Waals surface area contributed by atoms with Gasteiger partial charge in [0.1, 0.15) is 5.75 Å². The van der Waals surface area contributed by atoms with E-state index in [9.17, 15) is 18.0 Å². The molecule has 0 saturated carbocycles. The largest absolute Gasteiger partial charge is 0.496 e. The summed E-state index contributed by atoms with van der Waals surface area (Å²) in [6, 6.07) is 6.62. The second-order valence-electron chi connectivity index (χ2n) is 5.29. The minimum Gasteiger partial charge on any atom is -0.496 e. The zero-order valence-corrected chi connectivity index (χ0v) is 14.4. The molecule has 0 spiro atoms. The number of ketones is 1. The maximum Gasteiger partial charge on any atom is 0.308 e. The Morgan fingerprint density at radius 1 is 1.29 bits per heavy atom. The van der Waals surface area contributed by atoms with Crippen molar-refractivity contribution in [3.05, 3.63) is 41.5 Å². The van der Waals surface area contributed by atoms with Crippen molar-refractivity contribution >= 4 is 21.8 Å². The molecule has 1 aromatic rings. The molecule has 0 radical (unpaired) electrons. The molecule has 0 amide bonds. The van der Waals surface area contributed by atoms with Crippen LogP contribution in [0.1, 0.15) is 19.4 Å². The lowest BCUT2D eigenvalue weighted by molar-refractivity contribution is -0.142. The predicted molar refractivity (Wildman–Crippen MR) is 83.2 cm³/mol. The lowest BCUT2D eigenvalue weighted by Gasteiger charge is -2.25. The maximum absolute atomic E-state index is 12.8. The molecule has 0 aliphatic carbocycles. The summed E-state index contributed by atoms with van der Waals surface area (Å²) < 4.78 is 40.7. The van der Waals surface area contributed by atoms with Crippen LogP contribution in [0.25, 0.3) is 0 Å². The van der Waals surface area contributed by atoms with Gasteiger partial charge in [0, 0.05) is 12.5 Å². The highest BCUT2D eigenvalue weighted by atomic mass is 32.2. The van der Waals surface area contributed by atoms with Crippen LogP contribution in [0.4, 0.5) is 0 Å². The smallest absolute Gasteiger partial charge is 0.308 e. The molecule has 1 atom stereocenters. The van der Waals surface area contributed by atoms with E-state index in [0.29, 0.717) is 11.3 Å². The standard InChI is InChI=1S/C15H17NO7S/c1-9(17)22-12-13(18)15(2,23-14(12)16-24(4,19)20)10-7-5-6-8-11(10)21-3/h5-8,16H,1-4H3. The number of para-hydroxylation sites is 1. The molecular formula is C15H17NO7S. The number of methoxy groups -OCH3 is 1. The zero-order chi connectivity index (χ0) is 18.1. The zero-order valence-electron chi connectivity index (χ0n) is 13.6. The number of esters is 1. The average Bonchev–Trinajstić information content (AvgIpc) is 2.70. The molecule has 1 aromatic carbocycles. The lowest BCUT2D eigenvalue weighted by Crippen LogP contribution is -2.33. The van der Waals surface area contributed by atoms with Gasteiger partial charge < -0.3 is 14.2 Å². The maximum atomic E-state index is 12.8. The number of rotatable bonds is 5. The van der Waals surface area contributed by atoms with Crippen LogP contribution in [0, 0.1) is 0 Å². The molecule has 1 aliphatic heterocycles. The van der Waals surface area contributed by atoms with Crippen LogP contribution in [-0.2, 0) is 34.7 Å². The quantitative estimate of drug-likeness (QED) is 0.778. The third-order valence-electron chi connectivity index (χ3n) is 3.30. The third-order valence-corrected chi connectivity index (χ3v) is 3.85. The fraction of sp³-hybridized carbons (Fsp3) is 0.333. The summed E-state index contributed by atoms with van der Waals surface area (Å²) in [7, 11) is -2.33. The van der Waals surface area contributed by atoms with E-state index in [1.807, 2.05) is 0 Å². The third kappa shape index (κ3) is 3.35. The van der Waals surface area contributed by atoms with E-state index in [1.54, 1.807) is 24.3 Å². The van der Waals surface area contributed by atoms with Gasteiger partial charge in [-0.1, -0.05) is 18.2 Å². The summed E-state index contributed by atoms with van der Waals surface area (Å²) in [5, 5.41) is 0. The van der Waals surface area contributed by atoms with Crippen molar-refractivity contribution in [1.82, 2.24) is 4.72 Å². The van der Waals surface area contributed by atoms with Gasteiger partial charge in [-0.2, -0.15) is 0 Å². The van der Waals surface area contributed by atoms with Gasteiger partial charge in [-0.25, -0.2) is 8.42 Å². The van der Waals surface area contributed by atoms with Gasteiger partial charge in [-0.15, -0.1) is 0 Å². The van der Waals surface area contributed by atoms with Crippen molar-refractivity contribution in [3.8, 4) is 5.75 Å². The molecular weight excluding hydrogens is 338 g/mol. The first-order valence-corrected chi connectivity index (χ1v) is 8.75. The Bertz CT molecular complexity index is 828. The average molecular weight is 355 g/mol. The second kappa shape index (κ2) is 6.16. The predicted octanol–water partition coefficient (Wildman–Crippen LogP) is 0.791. The van der Waals surface area contributed by atoms with E-state index in [0.717, 1.165) is 13.2 Å². The number of carbonyl (C=O) groups is 2. The summed E-state index contributed by atoms with van der Waals surface area (Å²) in [5.74, 6) is -2.05. The molecule has 8 nitrogen and oxygen atoms in total. The molecule has 1 N–H and O–H groups in total. The first-order valence-electron chi connectivity index (χ1n) is 6.86. The fourth-order valence-corrected chi connectivity index (χ4v) is 2.78. The minimum atomic E-state index is -3.76. The summed E-state index contributed by atoms with van der Waals surface area (Å²) in [6.45, 7) is 2.53. The van der Waals surface area contributed by atoms with Crippen molar-refractivity contribution in [1.29, 1.82) is 0 Å². The number of Topliss-reactive ketones (excluding diaryl/α,β-unsaturated/α-hetero) is 1. The van der Waals surface area contributed by atoms with Crippen LogP contribution in [0.3, 0.4) is 0 Å². The van der Waals surface area contributed by atoms with Crippen LogP contribution >= 0.6 is 0 Å². The summed E-state index contributed by atoms with van der Waals surface area (Å²) in [6.07, 6.45) is 0.887. The van der Waals surface area contributed by atoms with E-state index in [-0.39, 0.29) is 0 Å². The molecule has 0 aromatic heterocycles. The van der Waals surface area contributed by atoms with E-state index in [2.05, 4.69) is 4.72 Å². The Labute approximate surface area is 139 Å². The van der Waals surface area contributed by atoms with Gasteiger partial charge in [0.05, 0.1) is 13.4 Å². The molecule has 24 heavy (non-hydrogen) atoms. The van der Waals surface area contributed by atoms with Gasteiger partial charge in [0.15, 0.2) is 0 Å². The molecule has 1 unspecified atom stereocenters. The molecule has 0 bridgehead atoms. The number of hydrogen-bond donors (Lipinski definition) is 1. The Morgan fingerprint density at radius 2 is 1.92 bits per heavy atom. The van der Waals surface area contributed by atoms with Crippen molar-refractivity contribution in [2.75, 3.05) is 13.4 Å². The van der Waals surface area contributed by atoms with Gasteiger partial charge in [0.2, 0.25) is 27.3 Å². The monoisotopic (exact) mass is 355 g/mol. The number of sulfonamides is 1. The molecule has 1 heterocycles. The molecule has 1 aliphatic rings. The molecule has 2 rings (SSSR count). The minimum absolute atomic E-state index is 0.368. The number of ether oxygens (including phenoxy) is 3. The molecule has 0 saturated heterocycles. The Kier molecular flexibility index (Phi) is 4.57. The van der Waals surface area contributed by atoms with E-state index < -0.39 is 39.0 Å². The van der Waals surface area contributed by atoms with Crippen molar-refractivity contribution in [3.63, 3.8) is 0 Å². The fourth-order valence-electron chi connectivity index (χ4n) is 2.30. The highest BCUT2D eigenvalue weighted by molar-refractivity contribution is 7.88. The lowest BCUT2D eigenvalue weighted by atomic mass is 9.91. The van der Waals surface area contributed by atoms with Crippen LogP contribution in [-0.4, -0.2) is 33.5 Å². The molecule has 9 heteroatoms. The number of hydrogen-bond acceptors (Lipinski definition) is 7. The van der Waals surface area contributed by atoms with Gasteiger partial charge >= 0.3 is 5.97 Å². The van der Waals surface area contributed by atoms with Gasteiger partial charge in [-0.05, 0) is 13.0 Å². The highest BCUT2D eigenvalue weighted by Gasteiger charge is 2.51. The Morgan fingerprint density at radius 3 is 2.46 bits per heavy atom. The second-order valence-corrected chi connectivity index (χ2v) is 7.04. The number of benzene rings is 1. The molecule has 0 fully saturated rings. The molecule has 130 valence electrons. The number of carbonyl (C=O) groups excluding carboxylic acids is 2. The van der Waals surface area contributed by atoms with E-state index in [4.69, 9.17) is 14.2 Å². The summed E-state index contributed by atoms with van der Waals surface area (Å²) in [4.78, 5) is 24.0. The van der Waals surface area contributed by atoms with E-state index in [1.165, 1.54) is 14.0 Å². The van der Waals surface area contributed by atoms with Crippen LogP contribution in [0.5, 0.6) is 5.75 Å². The first-order chi connectivity index (χ1) is 11.1. The van der Waals surface area contributed by atoms with Crippen LogP contribution in [0.15, 0.2) is 35.9 Å². The highest BCUT2D eigenvalue weighted by Crippen LogP contribution is 2.42. The van der Waals surface area contributed by atoms with Crippen molar-refractivity contribution in [2.24, 2.45) is 0 Å². The van der Waals surface area contributed by atoms with Crippen molar-refractivity contribution in [2.45, 2.75) is 19.4 Å². The van der Waals surface area contributed by atoms with Crippen LogP contribution in [0.2, 0.25) is 0 Å².